The molecule has 0 aromatic rings. The molecule has 2 N–H and O–H groups in total. The highest BCUT2D eigenvalue weighted by Crippen LogP contribution is 2.39. The van der Waals surface area contributed by atoms with Gasteiger partial charge in [0, 0.05) is 6.42 Å². The highest BCUT2D eigenvalue weighted by molar-refractivity contribution is 5.69. The lowest BCUT2D eigenvalue weighted by Crippen LogP contribution is -2.45. The van der Waals surface area contributed by atoms with Crippen molar-refractivity contribution >= 4 is 5.97 Å². The number of aliphatic hydroxyl groups is 2. The molecule has 0 aromatic heterocycles. The first-order valence-electron chi connectivity index (χ1n) is 10.9. The Bertz CT molecular complexity index is 468. The number of aliphatic hydroxyl groups excluding tert-OH is 2. The summed E-state index contributed by atoms with van der Waals surface area (Å²) in [6.45, 7) is 5.25. The fraction of sp³-hybridized carbons (Fsp3) is 0.952. The summed E-state index contributed by atoms with van der Waals surface area (Å²) in [6, 6.07) is 0. The van der Waals surface area contributed by atoms with Crippen molar-refractivity contribution in [2.24, 2.45) is 0 Å². The second-order valence-corrected chi connectivity index (χ2v) is 8.35. The van der Waals surface area contributed by atoms with Gasteiger partial charge in [0.05, 0.1) is 6.61 Å². The molecule has 0 amide bonds. The van der Waals surface area contributed by atoms with Crippen molar-refractivity contribution in [2.45, 2.75) is 121 Å². The van der Waals surface area contributed by atoms with Gasteiger partial charge in [-0.05, 0) is 20.3 Å². The SMILES string of the molecule is CCCCCCCCCCCC(=O)O[C@@H]1[C@H]2OC(C)(C)O[C@H]2O[C@@H]1[C@H](O)CO. The quantitative estimate of drug-likeness (QED) is 0.361. The Labute approximate surface area is 168 Å². The number of carbonyl (C=O) groups is 1. The van der Waals surface area contributed by atoms with E-state index in [1.54, 1.807) is 13.8 Å². The Morgan fingerprint density at radius 1 is 1.04 bits per heavy atom. The molecule has 7 nitrogen and oxygen atoms in total. The van der Waals surface area contributed by atoms with Gasteiger partial charge in [-0.15, -0.1) is 0 Å². The monoisotopic (exact) mass is 402 g/mol. The van der Waals surface area contributed by atoms with E-state index in [0.29, 0.717) is 6.42 Å². The number of rotatable bonds is 13. The fourth-order valence-corrected chi connectivity index (χ4v) is 3.84. The summed E-state index contributed by atoms with van der Waals surface area (Å²) < 4.78 is 22.7. The van der Waals surface area contributed by atoms with Gasteiger partial charge in [-0.2, -0.15) is 0 Å². The number of ether oxygens (including phenoxy) is 4. The molecule has 2 rings (SSSR count). The van der Waals surface area contributed by atoms with Gasteiger partial charge < -0.3 is 29.2 Å². The number of hydrogen-bond acceptors (Lipinski definition) is 7. The number of esters is 1. The van der Waals surface area contributed by atoms with Gasteiger partial charge in [-0.3, -0.25) is 4.79 Å². The molecule has 2 saturated heterocycles. The van der Waals surface area contributed by atoms with Gasteiger partial charge in [0.15, 0.2) is 24.3 Å². The maximum Gasteiger partial charge on any atom is 0.306 e. The molecule has 0 unspecified atom stereocenters. The molecule has 2 heterocycles. The number of carbonyl (C=O) groups excluding carboxylic acids is 1. The Balaban J connectivity index is 1.70. The first kappa shape index (κ1) is 23.5. The number of fused-ring (bicyclic) bond motifs is 1. The lowest BCUT2D eigenvalue weighted by atomic mass is 10.1. The molecule has 5 atom stereocenters. The van der Waals surface area contributed by atoms with Gasteiger partial charge in [0.1, 0.15) is 12.2 Å². The van der Waals surface area contributed by atoms with Crippen LogP contribution in [0.15, 0.2) is 0 Å². The third-order valence-electron chi connectivity index (χ3n) is 5.35. The summed E-state index contributed by atoms with van der Waals surface area (Å²) in [6.07, 6.45) is 6.79. The zero-order valence-electron chi connectivity index (χ0n) is 17.6. The minimum absolute atomic E-state index is 0.329. The molecule has 0 spiro atoms. The molecule has 2 fully saturated rings. The molecular weight excluding hydrogens is 364 g/mol. The van der Waals surface area contributed by atoms with Crippen LogP contribution in [0.3, 0.4) is 0 Å². The Kier molecular flexibility index (Phi) is 9.63. The van der Waals surface area contributed by atoms with E-state index in [9.17, 15) is 15.0 Å². The zero-order chi connectivity index (χ0) is 20.6. The molecule has 0 saturated carbocycles. The average Bonchev–Trinajstić information content (AvgIpc) is 3.12. The lowest BCUT2D eigenvalue weighted by molar-refractivity contribution is -0.231. The van der Waals surface area contributed by atoms with E-state index in [2.05, 4.69) is 6.92 Å². The minimum atomic E-state index is -1.16. The fourth-order valence-electron chi connectivity index (χ4n) is 3.84. The van der Waals surface area contributed by atoms with E-state index in [1.165, 1.54) is 38.5 Å². The summed E-state index contributed by atoms with van der Waals surface area (Å²) in [5, 5.41) is 19.3. The summed E-state index contributed by atoms with van der Waals surface area (Å²) >= 11 is 0. The molecule has 164 valence electrons. The maximum atomic E-state index is 12.3. The van der Waals surface area contributed by atoms with Gasteiger partial charge in [0.2, 0.25) is 0 Å². The second kappa shape index (κ2) is 11.5. The van der Waals surface area contributed by atoms with Crippen LogP contribution in [0.5, 0.6) is 0 Å². The van der Waals surface area contributed by atoms with Crippen molar-refractivity contribution < 1.29 is 34.0 Å². The van der Waals surface area contributed by atoms with Gasteiger partial charge in [-0.25, -0.2) is 0 Å². The van der Waals surface area contributed by atoms with E-state index in [-0.39, 0.29) is 5.97 Å². The third kappa shape index (κ3) is 6.95. The normalized spacial score (nSPS) is 29.6. The van der Waals surface area contributed by atoms with Crippen LogP contribution in [-0.2, 0) is 23.7 Å². The highest BCUT2D eigenvalue weighted by Gasteiger charge is 2.58. The predicted octanol–water partition coefficient (Wildman–Crippen LogP) is 3.05. The third-order valence-corrected chi connectivity index (χ3v) is 5.35. The Hall–Kier alpha value is -0.730. The van der Waals surface area contributed by atoms with Crippen molar-refractivity contribution in [3.8, 4) is 0 Å². The van der Waals surface area contributed by atoms with Crippen molar-refractivity contribution in [3.05, 3.63) is 0 Å². The van der Waals surface area contributed by atoms with Crippen molar-refractivity contribution in [1.82, 2.24) is 0 Å². The molecule has 7 heteroatoms. The zero-order valence-corrected chi connectivity index (χ0v) is 17.6. The summed E-state index contributed by atoms with van der Waals surface area (Å²) in [5.74, 6) is -1.17. The van der Waals surface area contributed by atoms with Gasteiger partial charge in [-0.1, -0.05) is 58.3 Å². The number of hydrogen-bond donors (Lipinski definition) is 2. The van der Waals surface area contributed by atoms with E-state index in [0.717, 1.165) is 19.3 Å². The van der Waals surface area contributed by atoms with Crippen molar-refractivity contribution in [3.63, 3.8) is 0 Å². The maximum absolute atomic E-state index is 12.3. The van der Waals surface area contributed by atoms with Crippen LogP contribution < -0.4 is 0 Å². The standard InChI is InChI=1S/C21H38O7/c1-4-5-6-7-8-9-10-11-12-13-16(24)25-18-17(15(23)14-22)26-20-19(18)27-21(2,3)28-20/h15,17-20,22-23H,4-14H2,1-3H3/t15-,17-,18+,19-,20-/m1/s1. The van der Waals surface area contributed by atoms with E-state index in [1.807, 2.05) is 0 Å². The number of unbranched alkanes of at least 4 members (excludes halogenated alkanes) is 8. The second-order valence-electron chi connectivity index (χ2n) is 8.35. The van der Waals surface area contributed by atoms with E-state index < -0.39 is 43.1 Å². The molecule has 28 heavy (non-hydrogen) atoms. The molecular formula is C21H38O7. The Morgan fingerprint density at radius 3 is 2.25 bits per heavy atom. The first-order valence-corrected chi connectivity index (χ1v) is 10.9. The summed E-state index contributed by atoms with van der Waals surface area (Å²) in [5.41, 5.74) is 0. The molecule has 2 aliphatic heterocycles. The smallest absolute Gasteiger partial charge is 0.306 e. The molecule has 0 bridgehead atoms. The van der Waals surface area contributed by atoms with Crippen LogP contribution in [0, 0.1) is 0 Å². The first-order chi connectivity index (χ1) is 13.4. The minimum Gasteiger partial charge on any atom is -0.456 e. The lowest BCUT2D eigenvalue weighted by Gasteiger charge is -2.27. The largest absolute Gasteiger partial charge is 0.456 e. The molecule has 0 aromatic carbocycles. The van der Waals surface area contributed by atoms with Crippen LogP contribution in [0.25, 0.3) is 0 Å². The van der Waals surface area contributed by atoms with Crippen LogP contribution in [0.1, 0.15) is 85.0 Å². The van der Waals surface area contributed by atoms with Crippen molar-refractivity contribution in [2.75, 3.05) is 6.61 Å². The summed E-state index contributed by atoms with van der Waals surface area (Å²) in [7, 11) is 0. The summed E-state index contributed by atoms with van der Waals surface area (Å²) in [4.78, 5) is 12.3. The van der Waals surface area contributed by atoms with Gasteiger partial charge >= 0.3 is 5.97 Å². The van der Waals surface area contributed by atoms with Crippen molar-refractivity contribution in [1.29, 1.82) is 0 Å². The Morgan fingerprint density at radius 2 is 1.64 bits per heavy atom. The van der Waals surface area contributed by atoms with E-state index >= 15 is 0 Å². The highest BCUT2D eigenvalue weighted by atomic mass is 16.8. The van der Waals surface area contributed by atoms with Crippen LogP contribution in [-0.4, -0.2) is 59.3 Å². The molecule has 0 aliphatic carbocycles. The van der Waals surface area contributed by atoms with Crippen LogP contribution in [0.2, 0.25) is 0 Å². The van der Waals surface area contributed by atoms with E-state index in [4.69, 9.17) is 18.9 Å². The van der Waals surface area contributed by atoms with Gasteiger partial charge in [0.25, 0.3) is 0 Å². The molecule has 0 radical (unpaired) electrons. The van der Waals surface area contributed by atoms with Crippen LogP contribution >= 0.6 is 0 Å². The van der Waals surface area contributed by atoms with Crippen LogP contribution in [0.4, 0.5) is 0 Å². The topological polar surface area (TPSA) is 94.5 Å². The average molecular weight is 403 g/mol. The molecule has 2 aliphatic rings. The predicted molar refractivity (Wildman–Crippen MR) is 104 cm³/mol.